The number of primary amides is 1. The summed E-state index contributed by atoms with van der Waals surface area (Å²) in [6, 6.07) is 4.76. The number of rotatable bonds is 3. The number of hydrogen-bond acceptors (Lipinski definition) is 3. The van der Waals surface area contributed by atoms with Crippen LogP contribution in [0.3, 0.4) is 0 Å². The van der Waals surface area contributed by atoms with E-state index in [4.69, 9.17) is 27.8 Å². The Morgan fingerprint density at radius 2 is 2.23 bits per heavy atom. The topological polar surface area (TPSA) is 78.3 Å². The third kappa shape index (κ3) is 2.83. The molecule has 0 aliphatic carbocycles. The highest BCUT2D eigenvalue weighted by atomic mass is 35.5. The third-order valence-corrected chi connectivity index (χ3v) is 1.58. The highest BCUT2D eigenvalue weighted by Crippen LogP contribution is 2.24. The van der Waals surface area contributed by atoms with Crippen LogP contribution in [0, 0.1) is 0 Å². The second kappa shape index (κ2) is 4.00. The first-order valence-corrected chi connectivity index (χ1v) is 3.93. The molecular weight excluding hydrogens is 192 g/mol. The molecular formula is C8H9ClN2O2. The molecule has 4 N–H and O–H groups in total. The molecule has 0 saturated carbocycles. The van der Waals surface area contributed by atoms with Gasteiger partial charge in [-0.15, -0.1) is 0 Å². The Morgan fingerprint density at radius 3 is 2.85 bits per heavy atom. The van der Waals surface area contributed by atoms with Gasteiger partial charge in [0.2, 0.25) is 0 Å². The summed E-state index contributed by atoms with van der Waals surface area (Å²) in [6.07, 6.45) is 0. The summed E-state index contributed by atoms with van der Waals surface area (Å²) in [5.41, 5.74) is 10.9. The number of anilines is 1. The van der Waals surface area contributed by atoms with Gasteiger partial charge in [0.15, 0.2) is 6.61 Å². The van der Waals surface area contributed by atoms with Gasteiger partial charge >= 0.3 is 0 Å². The van der Waals surface area contributed by atoms with E-state index in [9.17, 15) is 4.79 Å². The van der Waals surface area contributed by atoms with E-state index >= 15 is 0 Å². The fraction of sp³-hybridized carbons (Fsp3) is 0.125. The molecule has 70 valence electrons. The fourth-order valence-corrected chi connectivity index (χ4v) is 0.944. The van der Waals surface area contributed by atoms with E-state index in [0.717, 1.165) is 0 Å². The van der Waals surface area contributed by atoms with E-state index in [0.29, 0.717) is 16.5 Å². The zero-order chi connectivity index (χ0) is 9.84. The summed E-state index contributed by atoms with van der Waals surface area (Å²) in [5.74, 6) is -0.189. The van der Waals surface area contributed by atoms with Crippen LogP contribution < -0.4 is 16.2 Å². The van der Waals surface area contributed by atoms with Crippen molar-refractivity contribution in [2.75, 3.05) is 12.3 Å². The summed E-state index contributed by atoms with van der Waals surface area (Å²) in [6.45, 7) is -0.204. The molecule has 0 saturated heterocycles. The average Bonchev–Trinajstić information content (AvgIpc) is 2.06. The van der Waals surface area contributed by atoms with Gasteiger partial charge in [-0.05, 0) is 12.1 Å². The lowest BCUT2D eigenvalue weighted by Crippen LogP contribution is -2.20. The summed E-state index contributed by atoms with van der Waals surface area (Å²) in [4.78, 5) is 10.4. The first-order valence-electron chi connectivity index (χ1n) is 3.55. The molecule has 0 unspecified atom stereocenters. The number of ether oxygens (including phenoxy) is 1. The minimum absolute atomic E-state index is 0.204. The number of amides is 1. The maximum atomic E-state index is 10.4. The van der Waals surface area contributed by atoms with Crippen LogP contribution in [-0.4, -0.2) is 12.5 Å². The van der Waals surface area contributed by atoms with Crippen LogP contribution in [0.1, 0.15) is 0 Å². The van der Waals surface area contributed by atoms with Crippen molar-refractivity contribution in [2.24, 2.45) is 5.73 Å². The Morgan fingerprint density at radius 1 is 1.54 bits per heavy atom. The quantitative estimate of drug-likeness (QED) is 0.708. The molecule has 0 aliphatic heterocycles. The van der Waals surface area contributed by atoms with Crippen molar-refractivity contribution in [3.8, 4) is 5.75 Å². The van der Waals surface area contributed by atoms with Crippen molar-refractivity contribution in [1.82, 2.24) is 0 Å². The van der Waals surface area contributed by atoms with Gasteiger partial charge in [-0.3, -0.25) is 4.79 Å². The molecule has 0 bridgehead atoms. The van der Waals surface area contributed by atoms with Gasteiger partial charge in [-0.25, -0.2) is 0 Å². The second-order valence-corrected chi connectivity index (χ2v) is 2.87. The lowest BCUT2D eigenvalue weighted by Gasteiger charge is -2.06. The lowest BCUT2D eigenvalue weighted by atomic mass is 10.3. The number of nitrogen functional groups attached to an aromatic ring is 1. The van der Waals surface area contributed by atoms with Crippen LogP contribution in [0.25, 0.3) is 0 Å². The number of benzene rings is 1. The molecule has 1 aromatic carbocycles. The fourth-order valence-electron chi connectivity index (χ4n) is 0.782. The zero-order valence-electron chi connectivity index (χ0n) is 6.79. The van der Waals surface area contributed by atoms with E-state index in [2.05, 4.69) is 0 Å². The smallest absolute Gasteiger partial charge is 0.255 e. The average molecular weight is 201 g/mol. The van der Waals surface area contributed by atoms with Crippen molar-refractivity contribution < 1.29 is 9.53 Å². The van der Waals surface area contributed by atoms with Gasteiger partial charge in [0.05, 0.1) is 5.69 Å². The van der Waals surface area contributed by atoms with E-state index in [-0.39, 0.29) is 6.61 Å². The standard InChI is InChI=1S/C8H9ClN2O2/c9-5-1-2-6(10)7(3-5)13-4-8(11)12/h1-3H,4,10H2,(H2,11,12). The van der Waals surface area contributed by atoms with Gasteiger partial charge in [0.1, 0.15) is 5.75 Å². The minimum atomic E-state index is -0.556. The molecule has 0 aromatic heterocycles. The predicted molar refractivity (Wildman–Crippen MR) is 50.6 cm³/mol. The Balaban J connectivity index is 2.75. The normalized spacial score (nSPS) is 9.62. The Bertz CT molecular complexity index is 328. The minimum Gasteiger partial charge on any atom is -0.482 e. The molecule has 1 amide bonds. The van der Waals surface area contributed by atoms with Crippen molar-refractivity contribution in [3.63, 3.8) is 0 Å². The number of carbonyl (C=O) groups is 1. The predicted octanol–water partition coefficient (Wildman–Crippen LogP) is 0.786. The molecule has 1 aromatic rings. The van der Waals surface area contributed by atoms with E-state index in [1.165, 1.54) is 6.07 Å². The molecule has 13 heavy (non-hydrogen) atoms. The Labute approximate surface area is 80.4 Å². The van der Waals surface area contributed by atoms with Gasteiger partial charge < -0.3 is 16.2 Å². The molecule has 0 spiro atoms. The molecule has 0 radical (unpaired) electrons. The van der Waals surface area contributed by atoms with Gasteiger partial charge in [0, 0.05) is 11.1 Å². The van der Waals surface area contributed by atoms with Gasteiger partial charge in [-0.1, -0.05) is 11.6 Å². The van der Waals surface area contributed by atoms with E-state index < -0.39 is 5.91 Å². The summed E-state index contributed by atoms with van der Waals surface area (Å²) < 4.78 is 5.00. The van der Waals surface area contributed by atoms with Crippen LogP contribution in [-0.2, 0) is 4.79 Å². The first-order chi connectivity index (χ1) is 6.09. The van der Waals surface area contributed by atoms with Crippen LogP contribution >= 0.6 is 11.6 Å². The SMILES string of the molecule is NC(=O)COc1cc(Cl)ccc1N. The number of hydrogen-bond donors (Lipinski definition) is 2. The highest BCUT2D eigenvalue weighted by molar-refractivity contribution is 6.30. The van der Waals surface area contributed by atoms with Crippen molar-refractivity contribution in [3.05, 3.63) is 23.2 Å². The molecule has 1 rings (SSSR count). The van der Waals surface area contributed by atoms with Gasteiger partial charge in [0.25, 0.3) is 5.91 Å². The molecule has 0 atom stereocenters. The van der Waals surface area contributed by atoms with Crippen LogP contribution in [0.2, 0.25) is 5.02 Å². The summed E-state index contributed by atoms with van der Waals surface area (Å²) in [7, 11) is 0. The maximum absolute atomic E-state index is 10.4. The van der Waals surface area contributed by atoms with Crippen LogP contribution in [0.4, 0.5) is 5.69 Å². The van der Waals surface area contributed by atoms with Crippen molar-refractivity contribution >= 4 is 23.2 Å². The van der Waals surface area contributed by atoms with Crippen LogP contribution in [0.5, 0.6) is 5.75 Å². The zero-order valence-corrected chi connectivity index (χ0v) is 7.54. The third-order valence-electron chi connectivity index (χ3n) is 1.35. The number of carbonyl (C=O) groups excluding carboxylic acids is 1. The Kier molecular flexibility index (Phi) is 2.97. The molecule has 0 aliphatic rings. The van der Waals surface area contributed by atoms with Crippen molar-refractivity contribution in [2.45, 2.75) is 0 Å². The molecule has 5 heteroatoms. The van der Waals surface area contributed by atoms with E-state index in [1.807, 2.05) is 0 Å². The first kappa shape index (κ1) is 9.67. The summed E-state index contributed by atoms with van der Waals surface area (Å²) >= 11 is 5.68. The summed E-state index contributed by atoms with van der Waals surface area (Å²) in [5, 5.41) is 0.494. The maximum Gasteiger partial charge on any atom is 0.255 e. The largest absolute Gasteiger partial charge is 0.482 e. The monoisotopic (exact) mass is 200 g/mol. The second-order valence-electron chi connectivity index (χ2n) is 2.44. The van der Waals surface area contributed by atoms with Crippen LogP contribution in [0.15, 0.2) is 18.2 Å². The highest BCUT2D eigenvalue weighted by Gasteiger charge is 2.02. The lowest BCUT2D eigenvalue weighted by molar-refractivity contribution is -0.119. The molecule has 4 nitrogen and oxygen atoms in total. The molecule has 0 fully saturated rings. The number of halogens is 1. The Hall–Kier alpha value is -1.42. The van der Waals surface area contributed by atoms with E-state index in [1.54, 1.807) is 12.1 Å². The van der Waals surface area contributed by atoms with Gasteiger partial charge in [-0.2, -0.15) is 0 Å². The molecule has 0 heterocycles. The number of nitrogens with two attached hydrogens (primary N) is 2. The van der Waals surface area contributed by atoms with Crippen molar-refractivity contribution in [1.29, 1.82) is 0 Å².